The van der Waals surface area contributed by atoms with E-state index in [1.807, 2.05) is 24.3 Å². The summed E-state index contributed by atoms with van der Waals surface area (Å²) in [5.74, 6) is 3.38. The standard InChI is InChI=1S/C20H17N3O3/c1-2-15-7-14(5-6-22-15)13-3-4-17-16(8-13)20(12-26-18(21)23-20)19(11-25-17)9-24-10-19/h1,3-8H,9-12H2,(H2,21,23). The SMILES string of the molecule is C#Cc1cc(-c2ccc3c(c2)C2(COC(N)=N2)C2(COC2)CO3)ccn1. The Kier molecular flexibility index (Phi) is 3.06. The van der Waals surface area contributed by atoms with Gasteiger partial charge in [0.15, 0.2) is 0 Å². The van der Waals surface area contributed by atoms with Gasteiger partial charge in [-0.15, -0.1) is 6.42 Å². The number of amidine groups is 1. The molecule has 0 radical (unpaired) electrons. The predicted molar refractivity (Wildman–Crippen MR) is 95.6 cm³/mol. The predicted octanol–water partition coefficient (Wildman–Crippen LogP) is 1.68. The van der Waals surface area contributed by atoms with E-state index in [1.54, 1.807) is 6.20 Å². The first-order chi connectivity index (χ1) is 12.7. The summed E-state index contributed by atoms with van der Waals surface area (Å²) < 4.78 is 17.2. The number of nitrogens with two attached hydrogens (primary N) is 1. The molecule has 3 aliphatic rings. The third-order valence-electron chi connectivity index (χ3n) is 5.53. The molecule has 6 heteroatoms. The molecule has 2 N–H and O–H groups in total. The lowest BCUT2D eigenvalue weighted by Crippen LogP contribution is -2.63. The van der Waals surface area contributed by atoms with Gasteiger partial charge in [0.1, 0.15) is 30.2 Å². The van der Waals surface area contributed by atoms with Crippen LogP contribution in [-0.4, -0.2) is 37.4 Å². The maximum absolute atomic E-state index is 6.05. The van der Waals surface area contributed by atoms with Gasteiger partial charge < -0.3 is 19.9 Å². The molecule has 5 rings (SSSR count). The van der Waals surface area contributed by atoms with Crippen molar-refractivity contribution in [3.05, 3.63) is 47.8 Å². The van der Waals surface area contributed by atoms with Gasteiger partial charge in [-0.2, -0.15) is 0 Å². The maximum atomic E-state index is 6.05. The number of hydrogen-bond acceptors (Lipinski definition) is 6. The Morgan fingerprint density at radius 2 is 1.88 bits per heavy atom. The van der Waals surface area contributed by atoms with Crippen LogP contribution in [0.1, 0.15) is 11.3 Å². The number of aliphatic imine (C=N–C) groups is 1. The van der Waals surface area contributed by atoms with E-state index in [2.05, 4.69) is 17.0 Å². The van der Waals surface area contributed by atoms with Gasteiger partial charge >= 0.3 is 0 Å². The molecule has 2 spiro atoms. The second kappa shape index (κ2) is 5.23. The van der Waals surface area contributed by atoms with Crippen LogP contribution >= 0.6 is 0 Å². The molecule has 2 aromatic rings. The van der Waals surface area contributed by atoms with Gasteiger partial charge in [0.2, 0.25) is 0 Å². The van der Waals surface area contributed by atoms with Crippen molar-refractivity contribution in [3.63, 3.8) is 0 Å². The van der Waals surface area contributed by atoms with Gasteiger partial charge in [0, 0.05) is 11.8 Å². The van der Waals surface area contributed by atoms with Crippen LogP contribution < -0.4 is 10.5 Å². The van der Waals surface area contributed by atoms with E-state index in [1.165, 1.54) is 0 Å². The normalized spacial score (nSPS) is 24.8. The fourth-order valence-corrected chi connectivity index (χ4v) is 3.98. The van der Waals surface area contributed by atoms with Gasteiger partial charge in [0.05, 0.1) is 18.6 Å². The summed E-state index contributed by atoms with van der Waals surface area (Å²) in [4.78, 5) is 8.89. The van der Waals surface area contributed by atoms with Gasteiger partial charge in [-0.05, 0) is 35.4 Å². The Hall–Kier alpha value is -3.04. The molecule has 130 valence electrons. The minimum absolute atomic E-state index is 0.216. The Morgan fingerprint density at radius 3 is 2.58 bits per heavy atom. The van der Waals surface area contributed by atoms with Crippen molar-refractivity contribution < 1.29 is 14.2 Å². The highest BCUT2D eigenvalue weighted by Gasteiger charge is 2.63. The number of aromatic nitrogens is 1. The summed E-state index contributed by atoms with van der Waals surface area (Å²) in [6, 6.07) is 10.1. The molecule has 0 saturated carbocycles. The molecule has 3 aliphatic heterocycles. The number of hydrogen-bond donors (Lipinski definition) is 1. The molecule has 1 fully saturated rings. The van der Waals surface area contributed by atoms with Crippen molar-refractivity contribution in [2.45, 2.75) is 5.54 Å². The second-order valence-electron chi connectivity index (χ2n) is 6.95. The van der Waals surface area contributed by atoms with Gasteiger partial charge in [0.25, 0.3) is 6.02 Å². The van der Waals surface area contributed by atoms with E-state index in [0.717, 1.165) is 22.4 Å². The lowest BCUT2D eigenvalue weighted by atomic mass is 9.64. The highest BCUT2D eigenvalue weighted by molar-refractivity contribution is 5.76. The van der Waals surface area contributed by atoms with E-state index in [0.29, 0.717) is 32.1 Å². The fraction of sp³-hybridized carbons (Fsp3) is 0.300. The van der Waals surface area contributed by atoms with Crippen LogP contribution in [0.2, 0.25) is 0 Å². The third kappa shape index (κ3) is 1.92. The van der Waals surface area contributed by atoms with Crippen LogP contribution in [0.3, 0.4) is 0 Å². The average molecular weight is 347 g/mol. The van der Waals surface area contributed by atoms with E-state index >= 15 is 0 Å². The zero-order chi connectivity index (χ0) is 17.8. The minimum atomic E-state index is -0.582. The van der Waals surface area contributed by atoms with Crippen LogP contribution in [0.15, 0.2) is 41.5 Å². The summed E-state index contributed by atoms with van der Waals surface area (Å²) in [5.41, 5.74) is 8.65. The summed E-state index contributed by atoms with van der Waals surface area (Å²) in [5, 5.41) is 0. The first-order valence-corrected chi connectivity index (χ1v) is 8.42. The van der Waals surface area contributed by atoms with Gasteiger partial charge in [-0.25, -0.2) is 9.98 Å². The van der Waals surface area contributed by atoms with Crippen LogP contribution in [-0.2, 0) is 15.0 Å². The molecule has 0 aliphatic carbocycles. The quantitative estimate of drug-likeness (QED) is 0.794. The number of benzene rings is 1. The fourth-order valence-electron chi connectivity index (χ4n) is 3.98. The number of fused-ring (bicyclic) bond motifs is 3. The van der Waals surface area contributed by atoms with E-state index in [-0.39, 0.29) is 11.4 Å². The zero-order valence-corrected chi connectivity index (χ0v) is 14.1. The Labute approximate surface area is 151 Å². The van der Waals surface area contributed by atoms with E-state index < -0.39 is 5.54 Å². The lowest BCUT2D eigenvalue weighted by Gasteiger charge is -2.53. The highest BCUT2D eigenvalue weighted by atomic mass is 16.5. The molecule has 1 aromatic carbocycles. The number of ether oxygens (including phenoxy) is 3. The number of nitrogens with zero attached hydrogens (tertiary/aromatic N) is 2. The Bertz CT molecular complexity index is 975. The summed E-state index contributed by atoms with van der Waals surface area (Å²) in [7, 11) is 0. The molecular formula is C20H17N3O3. The van der Waals surface area contributed by atoms with Crippen LogP contribution in [0, 0.1) is 17.8 Å². The van der Waals surface area contributed by atoms with Crippen molar-refractivity contribution in [3.8, 4) is 29.2 Å². The highest BCUT2D eigenvalue weighted by Crippen LogP contribution is 2.56. The summed E-state index contributed by atoms with van der Waals surface area (Å²) in [6.07, 6.45) is 7.20. The van der Waals surface area contributed by atoms with E-state index in [4.69, 9.17) is 31.4 Å². The number of terminal acetylenes is 1. The molecule has 1 aromatic heterocycles. The van der Waals surface area contributed by atoms with E-state index in [9.17, 15) is 0 Å². The first kappa shape index (κ1) is 15.2. The second-order valence-corrected chi connectivity index (χ2v) is 6.95. The summed E-state index contributed by atoms with van der Waals surface area (Å²) >= 11 is 0. The van der Waals surface area contributed by atoms with Gasteiger partial charge in [-0.1, -0.05) is 12.0 Å². The average Bonchev–Trinajstić information content (AvgIpc) is 3.03. The lowest BCUT2D eigenvalue weighted by molar-refractivity contribution is -0.184. The molecule has 4 heterocycles. The zero-order valence-electron chi connectivity index (χ0n) is 14.1. The molecule has 6 nitrogen and oxygen atoms in total. The third-order valence-corrected chi connectivity index (χ3v) is 5.53. The Balaban J connectivity index is 1.68. The first-order valence-electron chi connectivity index (χ1n) is 8.42. The van der Waals surface area contributed by atoms with Crippen molar-refractivity contribution in [2.24, 2.45) is 16.1 Å². The van der Waals surface area contributed by atoms with Crippen LogP contribution in [0.5, 0.6) is 5.75 Å². The monoisotopic (exact) mass is 347 g/mol. The molecule has 26 heavy (non-hydrogen) atoms. The summed E-state index contributed by atoms with van der Waals surface area (Å²) in [6.45, 7) is 2.09. The molecule has 0 bridgehead atoms. The van der Waals surface area contributed by atoms with Crippen LogP contribution in [0.25, 0.3) is 11.1 Å². The largest absolute Gasteiger partial charge is 0.492 e. The number of pyridine rings is 1. The Morgan fingerprint density at radius 1 is 1.04 bits per heavy atom. The van der Waals surface area contributed by atoms with Gasteiger partial charge in [-0.3, -0.25) is 0 Å². The number of rotatable bonds is 1. The maximum Gasteiger partial charge on any atom is 0.283 e. The molecule has 1 saturated heterocycles. The molecule has 1 unspecified atom stereocenters. The van der Waals surface area contributed by atoms with Crippen molar-refractivity contribution >= 4 is 6.02 Å². The minimum Gasteiger partial charge on any atom is -0.492 e. The van der Waals surface area contributed by atoms with Crippen molar-refractivity contribution in [1.82, 2.24) is 4.98 Å². The topological polar surface area (TPSA) is 79.0 Å². The molecule has 0 amide bonds. The van der Waals surface area contributed by atoms with Crippen molar-refractivity contribution in [1.29, 1.82) is 0 Å². The smallest absolute Gasteiger partial charge is 0.283 e. The molecular weight excluding hydrogens is 330 g/mol. The van der Waals surface area contributed by atoms with Crippen molar-refractivity contribution in [2.75, 3.05) is 26.4 Å². The molecule has 1 atom stereocenters. The van der Waals surface area contributed by atoms with Crippen LogP contribution in [0.4, 0.5) is 0 Å².